The minimum absolute atomic E-state index is 0.0381. The number of hydrogen-bond acceptors (Lipinski definition) is 7. The summed E-state index contributed by atoms with van der Waals surface area (Å²) in [5.74, 6) is -1.32. The van der Waals surface area contributed by atoms with Gasteiger partial charge in [-0.2, -0.15) is 0 Å². The zero-order valence-corrected chi connectivity index (χ0v) is 18.3. The molecule has 1 aliphatic heterocycles. The number of nitro groups is 1. The Balaban J connectivity index is 1.40. The number of nitro benzene ring substituents is 1. The first kappa shape index (κ1) is 22.9. The molecule has 34 heavy (non-hydrogen) atoms. The van der Waals surface area contributed by atoms with Crippen molar-refractivity contribution in [3.63, 3.8) is 0 Å². The van der Waals surface area contributed by atoms with E-state index in [9.17, 15) is 19.7 Å². The average Bonchev–Trinajstić information content (AvgIpc) is 2.88. The summed E-state index contributed by atoms with van der Waals surface area (Å²) in [5, 5.41) is 13.9. The third kappa shape index (κ3) is 5.57. The SMILES string of the molecule is O=C(COC(=O)c1cc([N+](=O)[O-])ccc1N1CCOCC1)Nc1ccc(-c2ccccc2)cc1. The van der Waals surface area contributed by atoms with Gasteiger partial charge < -0.3 is 19.7 Å². The standard InChI is InChI=1S/C25H23N3O6/c29-24(26-20-8-6-19(7-9-20)18-4-2-1-3-5-18)17-34-25(30)22-16-21(28(31)32)10-11-23(22)27-12-14-33-15-13-27/h1-11,16H,12-15,17H2,(H,26,29). The highest BCUT2D eigenvalue weighted by Crippen LogP contribution is 2.27. The van der Waals surface area contributed by atoms with E-state index in [-0.39, 0.29) is 11.3 Å². The lowest BCUT2D eigenvalue weighted by molar-refractivity contribution is -0.384. The number of anilines is 2. The van der Waals surface area contributed by atoms with Crippen molar-refractivity contribution in [1.82, 2.24) is 0 Å². The molecule has 1 saturated heterocycles. The molecule has 4 rings (SSSR count). The Hall–Kier alpha value is -4.24. The van der Waals surface area contributed by atoms with Crippen molar-refractivity contribution in [3.05, 3.63) is 88.5 Å². The molecule has 0 atom stereocenters. The number of benzene rings is 3. The lowest BCUT2D eigenvalue weighted by Gasteiger charge is -2.30. The fourth-order valence-corrected chi connectivity index (χ4v) is 3.66. The van der Waals surface area contributed by atoms with E-state index in [2.05, 4.69) is 5.32 Å². The van der Waals surface area contributed by atoms with Gasteiger partial charge in [0.2, 0.25) is 0 Å². The number of morpholine rings is 1. The maximum absolute atomic E-state index is 12.8. The average molecular weight is 461 g/mol. The number of carbonyl (C=O) groups is 2. The molecular weight excluding hydrogens is 438 g/mol. The number of nitrogens with zero attached hydrogens (tertiary/aromatic N) is 2. The third-order valence-electron chi connectivity index (χ3n) is 5.37. The largest absolute Gasteiger partial charge is 0.452 e. The van der Waals surface area contributed by atoms with Crippen molar-refractivity contribution in [3.8, 4) is 11.1 Å². The smallest absolute Gasteiger partial charge is 0.341 e. The number of amides is 1. The lowest BCUT2D eigenvalue weighted by Crippen LogP contribution is -2.37. The highest BCUT2D eigenvalue weighted by atomic mass is 16.6. The van der Waals surface area contributed by atoms with E-state index >= 15 is 0 Å². The Morgan fingerprint density at radius 3 is 2.32 bits per heavy atom. The molecule has 0 radical (unpaired) electrons. The van der Waals surface area contributed by atoms with Crippen LogP contribution in [0, 0.1) is 10.1 Å². The maximum Gasteiger partial charge on any atom is 0.341 e. The summed E-state index contributed by atoms with van der Waals surface area (Å²) in [5.41, 5.74) is 2.94. The number of ether oxygens (including phenoxy) is 2. The zero-order chi connectivity index (χ0) is 23.9. The van der Waals surface area contributed by atoms with Crippen molar-refractivity contribution in [1.29, 1.82) is 0 Å². The van der Waals surface area contributed by atoms with Gasteiger partial charge in [-0.3, -0.25) is 14.9 Å². The zero-order valence-electron chi connectivity index (χ0n) is 18.3. The number of carbonyl (C=O) groups excluding carboxylic acids is 2. The van der Waals surface area contributed by atoms with Crippen molar-refractivity contribution < 1.29 is 24.0 Å². The maximum atomic E-state index is 12.8. The van der Waals surface area contributed by atoms with Gasteiger partial charge in [-0.15, -0.1) is 0 Å². The highest BCUT2D eigenvalue weighted by Gasteiger charge is 2.23. The molecule has 9 nitrogen and oxygen atoms in total. The van der Waals surface area contributed by atoms with Crippen LogP contribution in [-0.4, -0.2) is 49.7 Å². The van der Waals surface area contributed by atoms with Gasteiger partial charge in [0.1, 0.15) is 0 Å². The molecule has 0 aliphatic carbocycles. The van der Waals surface area contributed by atoms with Crippen molar-refractivity contribution >= 4 is 28.9 Å². The predicted octanol–water partition coefficient (Wildman–Crippen LogP) is 3.89. The van der Waals surface area contributed by atoms with Gasteiger partial charge >= 0.3 is 5.97 Å². The highest BCUT2D eigenvalue weighted by molar-refractivity contribution is 5.99. The Morgan fingerprint density at radius 1 is 0.971 bits per heavy atom. The van der Waals surface area contributed by atoms with Gasteiger partial charge in [-0.05, 0) is 29.3 Å². The van der Waals surface area contributed by atoms with Crippen LogP contribution in [-0.2, 0) is 14.3 Å². The van der Waals surface area contributed by atoms with Crippen LogP contribution >= 0.6 is 0 Å². The van der Waals surface area contributed by atoms with Crippen LogP contribution in [0.3, 0.4) is 0 Å². The Morgan fingerprint density at radius 2 is 1.65 bits per heavy atom. The normalized spacial score (nSPS) is 13.2. The summed E-state index contributed by atoms with van der Waals surface area (Å²) in [4.78, 5) is 37.6. The molecule has 3 aromatic rings. The molecule has 0 spiro atoms. The summed E-state index contributed by atoms with van der Waals surface area (Å²) in [6.07, 6.45) is 0. The van der Waals surface area contributed by atoms with E-state index in [0.29, 0.717) is 37.7 Å². The minimum Gasteiger partial charge on any atom is -0.452 e. The van der Waals surface area contributed by atoms with Crippen LogP contribution in [0.1, 0.15) is 10.4 Å². The van der Waals surface area contributed by atoms with Crippen LogP contribution in [0.15, 0.2) is 72.8 Å². The van der Waals surface area contributed by atoms with Crippen molar-refractivity contribution in [2.75, 3.05) is 43.1 Å². The fourth-order valence-electron chi connectivity index (χ4n) is 3.66. The minimum atomic E-state index is -0.806. The van der Waals surface area contributed by atoms with Gasteiger partial charge in [0.25, 0.3) is 11.6 Å². The Labute approximate surface area is 196 Å². The second kappa shape index (κ2) is 10.6. The molecule has 1 heterocycles. The van der Waals surface area contributed by atoms with E-state index in [1.165, 1.54) is 18.2 Å². The van der Waals surface area contributed by atoms with Gasteiger partial charge in [-0.25, -0.2) is 4.79 Å². The molecule has 174 valence electrons. The van der Waals surface area contributed by atoms with Gasteiger partial charge in [0.15, 0.2) is 6.61 Å². The molecule has 9 heteroatoms. The van der Waals surface area contributed by atoms with Gasteiger partial charge in [0, 0.05) is 30.9 Å². The summed E-state index contributed by atoms with van der Waals surface area (Å²) in [6, 6.07) is 21.2. The molecule has 0 bridgehead atoms. The van der Waals surface area contributed by atoms with Gasteiger partial charge in [0.05, 0.1) is 29.4 Å². The molecule has 0 saturated carbocycles. The van der Waals surface area contributed by atoms with E-state index in [1.54, 1.807) is 12.1 Å². The number of rotatable bonds is 7. The van der Waals surface area contributed by atoms with Crippen LogP contribution in [0.4, 0.5) is 17.1 Å². The van der Waals surface area contributed by atoms with E-state index in [0.717, 1.165) is 11.1 Å². The monoisotopic (exact) mass is 461 g/mol. The molecule has 0 aromatic heterocycles. The van der Waals surface area contributed by atoms with E-state index in [4.69, 9.17) is 9.47 Å². The number of hydrogen-bond donors (Lipinski definition) is 1. The van der Waals surface area contributed by atoms with E-state index in [1.807, 2.05) is 47.4 Å². The van der Waals surface area contributed by atoms with Crippen molar-refractivity contribution in [2.24, 2.45) is 0 Å². The van der Waals surface area contributed by atoms with Crippen molar-refractivity contribution in [2.45, 2.75) is 0 Å². The van der Waals surface area contributed by atoms with E-state index < -0.39 is 23.4 Å². The summed E-state index contributed by atoms with van der Waals surface area (Å²) in [7, 11) is 0. The lowest BCUT2D eigenvalue weighted by atomic mass is 10.1. The predicted molar refractivity (Wildman–Crippen MR) is 127 cm³/mol. The quantitative estimate of drug-likeness (QED) is 0.323. The van der Waals surface area contributed by atoms with Crippen LogP contribution in [0.5, 0.6) is 0 Å². The van der Waals surface area contributed by atoms with Crippen LogP contribution < -0.4 is 10.2 Å². The second-order valence-electron chi connectivity index (χ2n) is 7.63. The Bertz CT molecular complexity index is 1180. The number of esters is 1. The number of nitrogens with one attached hydrogen (secondary N) is 1. The summed E-state index contributed by atoms with van der Waals surface area (Å²) in [6.45, 7) is 1.52. The number of non-ortho nitro benzene ring substituents is 1. The molecule has 1 amide bonds. The first-order valence-corrected chi connectivity index (χ1v) is 10.7. The molecule has 0 unspecified atom stereocenters. The summed E-state index contributed by atoms with van der Waals surface area (Å²) < 4.78 is 10.5. The van der Waals surface area contributed by atoms with Crippen LogP contribution in [0.25, 0.3) is 11.1 Å². The first-order valence-electron chi connectivity index (χ1n) is 10.7. The molecular formula is C25H23N3O6. The topological polar surface area (TPSA) is 111 Å². The Kier molecular flexibility index (Phi) is 7.14. The fraction of sp³-hybridized carbons (Fsp3) is 0.200. The van der Waals surface area contributed by atoms with Gasteiger partial charge in [-0.1, -0.05) is 42.5 Å². The first-order chi connectivity index (χ1) is 16.5. The molecule has 3 aromatic carbocycles. The molecule has 1 N–H and O–H groups in total. The summed E-state index contributed by atoms with van der Waals surface area (Å²) >= 11 is 0. The third-order valence-corrected chi connectivity index (χ3v) is 5.37. The molecule has 1 aliphatic rings. The van der Waals surface area contributed by atoms with Crippen LogP contribution in [0.2, 0.25) is 0 Å². The second-order valence-corrected chi connectivity index (χ2v) is 7.63. The molecule has 1 fully saturated rings.